The minimum absolute atomic E-state index is 0.0000374. The predicted molar refractivity (Wildman–Crippen MR) is 174 cm³/mol. The van der Waals surface area contributed by atoms with Crippen LogP contribution in [0.2, 0.25) is 0 Å². The zero-order chi connectivity index (χ0) is 34.7. The molecule has 1 aromatic carbocycles. The number of likely N-dealkylation sites (N-methyl/N-ethyl adjacent to an activating group) is 1. The Morgan fingerprint density at radius 1 is 1.07 bits per heavy atom. The summed E-state index contributed by atoms with van der Waals surface area (Å²) in [5, 5.41) is 13.7. The van der Waals surface area contributed by atoms with Crippen molar-refractivity contribution in [2.75, 3.05) is 27.8 Å². The van der Waals surface area contributed by atoms with E-state index in [4.69, 9.17) is 19.9 Å². The molecule has 0 radical (unpaired) electrons. The summed E-state index contributed by atoms with van der Waals surface area (Å²) < 4.78 is 16.9. The number of benzene rings is 1. The number of carbonyl (C=O) groups is 4. The highest BCUT2D eigenvalue weighted by atomic mass is 16.6. The van der Waals surface area contributed by atoms with Gasteiger partial charge in [0.1, 0.15) is 0 Å². The third kappa shape index (κ3) is 9.89. The van der Waals surface area contributed by atoms with E-state index < -0.39 is 54.4 Å². The van der Waals surface area contributed by atoms with E-state index in [1.54, 1.807) is 51.8 Å². The van der Waals surface area contributed by atoms with Crippen LogP contribution in [0.5, 0.6) is 0 Å². The first-order valence-corrected chi connectivity index (χ1v) is 16.3. The highest BCUT2D eigenvalue weighted by Crippen LogP contribution is 2.30. The third-order valence-electron chi connectivity index (χ3n) is 9.34. The molecule has 260 valence electrons. The van der Waals surface area contributed by atoms with Gasteiger partial charge in [-0.2, -0.15) is 0 Å². The molecule has 0 bridgehead atoms. The number of primary amides is 1. The first kappa shape index (κ1) is 39.0. The SMILES string of the molecule is CCC(C)C(C(CC(=O)N1CCC[C@H]1C(OC)C(C)C(=O)NC(C)C(O)c1ccccc1)OC)N(C)C(=O)C(OC(N)=O)C(C)C. The number of nitrogens with one attached hydrogen (secondary N) is 1. The largest absolute Gasteiger partial charge is 0.436 e. The van der Waals surface area contributed by atoms with Crippen molar-refractivity contribution < 1.29 is 38.5 Å². The molecule has 9 atom stereocenters. The van der Waals surface area contributed by atoms with E-state index in [2.05, 4.69) is 5.32 Å². The van der Waals surface area contributed by atoms with Crippen LogP contribution in [0.3, 0.4) is 0 Å². The quantitative estimate of drug-likeness (QED) is 0.232. The van der Waals surface area contributed by atoms with Crippen LogP contribution in [0, 0.1) is 17.8 Å². The summed E-state index contributed by atoms with van der Waals surface area (Å²) in [7, 11) is 4.68. The molecule has 1 heterocycles. The van der Waals surface area contributed by atoms with E-state index in [0.717, 1.165) is 6.42 Å². The predicted octanol–water partition coefficient (Wildman–Crippen LogP) is 3.26. The molecule has 0 aliphatic carbocycles. The zero-order valence-electron chi connectivity index (χ0n) is 29.0. The first-order chi connectivity index (χ1) is 21.7. The Morgan fingerprint density at radius 2 is 1.70 bits per heavy atom. The van der Waals surface area contributed by atoms with Crippen molar-refractivity contribution in [3.05, 3.63) is 35.9 Å². The number of hydrogen-bond acceptors (Lipinski definition) is 8. The van der Waals surface area contributed by atoms with Gasteiger partial charge in [-0.1, -0.05) is 71.4 Å². The smallest absolute Gasteiger partial charge is 0.405 e. The molecule has 1 aromatic rings. The monoisotopic (exact) mass is 648 g/mol. The van der Waals surface area contributed by atoms with Crippen LogP contribution in [-0.4, -0.2) is 103 Å². The molecule has 12 heteroatoms. The molecule has 0 aromatic heterocycles. The number of aliphatic hydroxyl groups excluding tert-OH is 1. The normalized spacial score (nSPS) is 20.2. The number of carbonyl (C=O) groups excluding carboxylic acids is 4. The fraction of sp³-hybridized carbons (Fsp3) is 0.706. The second-order valence-electron chi connectivity index (χ2n) is 12.8. The fourth-order valence-electron chi connectivity index (χ4n) is 6.48. The van der Waals surface area contributed by atoms with Gasteiger partial charge in [-0.15, -0.1) is 0 Å². The summed E-state index contributed by atoms with van der Waals surface area (Å²) in [5.41, 5.74) is 5.95. The van der Waals surface area contributed by atoms with Crippen LogP contribution in [-0.2, 0) is 28.6 Å². The molecule has 8 unspecified atom stereocenters. The van der Waals surface area contributed by atoms with E-state index in [1.165, 1.54) is 19.1 Å². The number of nitrogens with two attached hydrogens (primary N) is 1. The van der Waals surface area contributed by atoms with Crippen LogP contribution < -0.4 is 11.1 Å². The Hall–Kier alpha value is -3.22. The van der Waals surface area contributed by atoms with Crippen molar-refractivity contribution in [2.24, 2.45) is 23.5 Å². The van der Waals surface area contributed by atoms with Crippen molar-refractivity contribution in [2.45, 2.75) is 110 Å². The number of amides is 4. The van der Waals surface area contributed by atoms with Gasteiger partial charge in [0.25, 0.3) is 5.91 Å². The molecule has 1 aliphatic rings. The number of aliphatic hydroxyl groups is 1. The Morgan fingerprint density at radius 3 is 2.22 bits per heavy atom. The topological polar surface area (TPSA) is 161 Å². The van der Waals surface area contributed by atoms with E-state index in [0.29, 0.717) is 24.9 Å². The third-order valence-corrected chi connectivity index (χ3v) is 9.34. The van der Waals surface area contributed by atoms with Gasteiger partial charge in [0.05, 0.1) is 48.8 Å². The maximum absolute atomic E-state index is 13.9. The number of methoxy groups -OCH3 is 2. The van der Waals surface area contributed by atoms with E-state index in [9.17, 15) is 24.3 Å². The molecule has 4 amide bonds. The number of nitrogens with zero attached hydrogens (tertiary/aromatic N) is 2. The van der Waals surface area contributed by atoms with Crippen LogP contribution in [0.25, 0.3) is 0 Å². The van der Waals surface area contributed by atoms with Gasteiger partial charge in [-0.25, -0.2) is 4.79 Å². The molecular formula is C34H56N4O8. The van der Waals surface area contributed by atoms with Crippen LogP contribution in [0.15, 0.2) is 30.3 Å². The number of rotatable bonds is 17. The molecule has 1 aliphatic heterocycles. The lowest BCUT2D eigenvalue weighted by atomic mass is 9.89. The molecule has 4 N–H and O–H groups in total. The number of ether oxygens (including phenoxy) is 3. The summed E-state index contributed by atoms with van der Waals surface area (Å²) in [6.07, 6.45) is -2.10. The van der Waals surface area contributed by atoms with Gasteiger partial charge in [0.2, 0.25) is 11.8 Å². The first-order valence-electron chi connectivity index (χ1n) is 16.3. The zero-order valence-corrected chi connectivity index (χ0v) is 29.0. The molecule has 1 saturated heterocycles. The van der Waals surface area contributed by atoms with Crippen LogP contribution >= 0.6 is 0 Å². The fourth-order valence-corrected chi connectivity index (χ4v) is 6.48. The molecule has 1 fully saturated rings. The minimum atomic E-state index is -1.07. The highest BCUT2D eigenvalue weighted by molar-refractivity contribution is 5.84. The summed E-state index contributed by atoms with van der Waals surface area (Å²) in [6.45, 7) is 11.5. The van der Waals surface area contributed by atoms with Gasteiger partial charge >= 0.3 is 6.09 Å². The summed E-state index contributed by atoms with van der Waals surface area (Å²) in [4.78, 5) is 55.6. The molecule has 0 spiro atoms. The lowest BCUT2D eigenvalue weighted by molar-refractivity contribution is -0.151. The number of likely N-dealkylation sites (tertiary alicyclic amines) is 1. The van der Waals surface area contributed by atoms with Gasteiger partial charge in [-0.3, -0.25) is 14.4 Å². The average Bonchev–Trinajstić information content (AvgIpc) is 3.52. The number of hydrogen-bond donors (Lipinski definition) is 3. The molecular weight excluding hydrogens is 592 g/mol. The maximum atomic E-state index is 13.9. The maximum Gasteiger partial charge on any atom is 0.405 e. The van der Waals surface area contributed by atoms with Crippen LogP contribution in [0.4, 0.5) is 4.79 Å². The Balaban J connectivity index is 2.21. The molecule has 0 saturated carbocycles. The van der Waals surface area contributed by atoms with E-state index >= 15 is 0 Å². The van der Waals surface area contributed by atoms with Crippen molar-refractivity contribution >= 4 is 23.8 Å². The second kappa shape index (κ2) is 18.2. The molecule has 12 nitrogen and oxygen atoms in total. The molecule has 2 rings (SSSR count). The Labute approximate surface area is 274 Å². The summed E-state index contributed by atoms with van der Waals surface area (Å²) >= 11 is 0. The highest BCUT2D eigenvalue weighted by Gasteiger charge is 2.43. The summed E-state index contributed by atoms with van der Waals surface area (Å²) in [5.74, 6) is -1.84. The van der Waals surface area contributed by atoms with Gasteiger partial charge in [0, 0.05) is 27.8 Å². The minimum Gasteiger partial charge on any atom is -0.436 e. The van der Waals surface area contributed by atoms with Gasteiger partial charge in [-0.05, 0) is 37.2 Å². The Kier molecular flexibility index (Phi) is 15.4. The lowest BCUT2D eigenvalue weighted by Crippen LogP contribution is -2.55. The Bertz CT molecular complexity index is 1140. The average molecular weight is 649 g/mol. The van der Waals surface area contributed by atoms with Gasteiger partial charge < -0.3 is 40.2 Å². The standard InChI is InChI=1S/C34H56N4O8/c1-10-21(4)28(37(7)33(42)30(20(2)3)46-34(35)43)26(44-8)19-27(39)38-18-14-17-25(38)31(45-9)22(5)32(41)36-23(6)29(40)24-15-12-11-13-16-24/h11-13,15-16,20-23,25-26,28-31,40H,10,14,17-19H2,1-9H3,(H2,35,43)(H,36,41)/t21?,22?,23?,25-,26?,28?,29?,30?,31?/m0/s1. The van der Waals surface area contributed by atoms with Crippen LogP contribution in [0.1, 0.15) is 78.9 Å². The van der Waals surface area contributed by atoms with Crippen molar-refractivity contribution in [1.29, 1.82) is 0 Å². The summed E-state index contributed by atoms with van der Waals surface area (Å²) in [6, 6.07) is 7.75. The van der Waals surface area contributed by atoms with E-state index in [1.807, 2.05) is 32.0 Å². The van der Waals surface area contributed by atoms with Crippen molar-refractivity contribution in [3.63, 3.8) is 0 Å². The second-order valence-corrected chi connectivity index (χ2v) is 12.8. The van der Waals surface area contributed by atoms with E-state index in [-0.39, 0.29) is 36.1 Å². The van der Waals surface area contributed by atoms with Crippen molar-refractivity contribution in [1.82, 2.24) is 15.1 Å². The molecule has 46 heavy (non-hydrogen) atoms. The van der Waals surface area contributed by atoms with Crippen molar-refractivity contribution in [3.8, 4) is 0 Å². The lowest BCUT2D eigenvalue weighted by Gasteiger charge is -2.40. The van der Waals surface area contributed by atoms with Gasteiger partial charge in [0.15, 0.2) is 6.10 Å².